The maximum Gasteiger partial charge on any atom is 0.262 e. The van der Waals surface area contributed by atoms with Crippen LogP contribution < -0.4 is 15.4 Å². The molecule has 2 N–H and O–H groups in total. The number of carbonyl (C=O) groups is 2. The molecule has 126 valence electrons. The Kier molecular flexibility index (Phi) is 3.50. The van der Waals surface area contributed by atoms with Crippen LogP contribution in [0.5, 0.6) is 5.75 Å². The summed E-state index contributed by atoms with van der Waals surface area (Å²) in [7, 11) is 1.78. The molecule has 0 bridgehead atoms. The number of rotatable bonds is 3. The van der Waals surface area contributed by atoms with Crippen molar-refractivity contribution in [3.63, 3.8) is 0 Å². The standard InChI is InChI=1S/C17H15N5O3/c1-21-17(22-6-2-3-7-22)12(9-18-21)16(24)19-11-4-5-14-13(8-11)20-15(23)10-25-14/h2-9H,10H2,1H3,(H,19,24)(H,20,23). The second-order valence-electron chi connectivity index (χ2n) is 5.60. The number of amides is 2. The molecule has 1 aliphatic heterocycles. The molecule has 1 aliphatic rings. The molecular weight excluding hydrogens is 322 g/mol. The maximum absolute atomic E-state index is 12.7. The number of carbonyl (C=O) groups excluding carboxylic acids is 2. The smallest absolute Gasteiger partial charge is 0.262 e. The highest BCUT2D eigenvalue weighted by atomic mass is 16.5. The number of aromatic nitrogens is 3. The molecule has 0 fully saturated rings. The largest absolute Gasteiger partial charge is 0.482 e. The third kappa shape index (κ3) is 2.74. The molecule has 0 unspecified atom stereocenters. The molecule has 25 heavy (non-hydrogen) atoms. The van der Waals surface area contributed by atoms with Gasteiger partial charge in [-0.25, -0.2) is 0 Å². The van der Waals surface area contributed by atoms with Gasteiger partial charge in [0.15, 0.2) is 6.61 Å². The molecule has 1 aromatic carbocycles. The van der Waals surface area contributed by atoms with E-state index in [-0.39, 0.29) is 18.4 Å². The molecule has 4 rings (SSSR count). The fraction of sp³-hybridized carbons (Fsp3) is 0.118. The first-order valence-electron chi connectivity index (χ1n) is 7.65. The minimum atomic E-state index is -0.292. The van der Waals surface area contributed by atoms with Crippen LogP contribution in [0, 0.1) is 0 Å². The molecule has 2 amide bonds. The molecule has 8 nitrogen and oxygen atoms in total. The van der Waals surface area contributed by atoms with Gasteiger partial charge in [-0.15, -0.1) is 0 Å². The molecule has 0 atom stereocenters. The third-order valence-electron chi connectivity index (χ3n) is 3.87. The first kappa shape index (κ1) is 15.0. The van der Waals surface area contributed by atoms with Gasteiger partial charge in [-0.05, 0) is 30.3 Å². The summed E-state index contributed by atoms with van der Waals surface area (Å²) in [5.74, 6) is 0.724. The van der Waals surface area contributed by atoms with Crippen LogP contribution in [0.4, 0.5) is 11.4 Å². The zero-order valence-corrected chi connectivity index (χ0v) is 13.4. The fourth-order valence-electron chi connectivity index (χ4n) is 2.73. The molecule has 2 aromatic heterocycles. The van der Waals surface area contributed by atoms with E-state index in [2.05, 4.69) is 15.7 Å². The third-order valence-corrected chi connectivity index (χ3v) is 3.87. The Labute approximate surface area is 143 Å². The van der Waals surface area contributed by atoms with E-state index in [4.69, 9.17) is 4.74 Å². The van der Waals surface area contributed by atoms with Crippen molar-refractivity contribution in [3.05, 3.63) is 54.5 Å². The van der Waals surface area contributed by atoms with Gasteiger partial charge >= 0.3 is 0 Å². The zero-order valence-electron chi connectivity index (χ0n) is 13.4. The van der Waals surface area contributed by atoms with Gasteiger partial charge in [0.25, 0.3) is 11.8 Å². The summed E-state index contributed by atoms with van der Waals surface area (Å²) < 4.78 is 8.77. The van der Waals surface area contributed by atoms with Crippen LogP contribution in [0.25, 0.3) is 5.82 Å². The summed E-state index contributed by atoms with van der Waals surface area (Å²) in [4.78, 5) is 24.1. The molecule has 3 aromatic rings. The number of fused-ring (bicyclic) bond motifs is 1. The van der Waals surface area contributed by atoms with Crippen LogP contribution in [-0.4, -0.2) is 32.8 Å². The van der Waals surface area contributed by atoms with Gasteiger partial charge in [-0.1, -0.05) is 0 Å². The van der Waals surface area contributed by atoms with E-state index in [0.717, 1.165) is 0 Å². The van der Waals surface area contributed by atoms with Crippen molar-refractivity contribution in [2.24, 2.45) is 7.05 Å². The number of hydrogen-bond donors (Lipinski definition) is 2. The van der Waals surface area contributed by atoms with E-state index in [9.17, 15) is 9.59 Å². The number of aryl methyl sites for hydroxylation is 1. The van der Waals surface area contributed by atoms with Gasteiger partial charge in [-0.2, -0.15) is 5.10 Å². The second kappa shape index (κ2) is 5.82. The molecule has 0 saturated carbocycles. The summed E-state index contributed by atoms with van der Waals surface area (Å²) in [5.41, 5.74) is 1.53. The van der Waals surface area contributed by atoms with Gasteiger partial charge in [0.1, 0.15) is 17.1 Å². The lowest BCUT2D eigenvalue weighted by atomic mass is 10.2. The Morgan fingerprint density at radius 2 is 2.12 bits per heavy atom. The van der Waals surface area contributed by atoms with Crippen LogP contribution in [0.2, 0.25) is 0 Å². The van der Waals surface area contributed by atoms with E-state index >= 15 is 0 Å². The van der Waals surface area contributed by atoms with Gasteiger partial charge in [0.2, 0.25) is 0 Å². The van der Waals surface area contributed by atoms with E-state index < -0.39 is 0 Å². The highest BCUT2D eigenvalue weighted by molar-refractivity contribution is 6.07. The number of nitrogens with one attached hydrogen (secondary N) is 2. The van der Waals surface area contributed by atoms with Crippen molar-refractivity contribution in [2.45, 2.75) is 0 Å². The lowest BCUT2D eigenvalue weighted by Crippen LogP contribution is -2.25. The van der Waals surface area contributed by atoms with Crippen molar-refractivity contribution < 1.29 is 14.3 Å². The Morgan fingerprint density at radius 3 is 2.92 bits per heavy atom. The van der Waals surface area contributed by atoms with Crippen LogP contribution in [0.15, 0.2) is 48.9 Å². The second-order valence-corrected chi connectivity index (χ2v) is 5.60. The summed E-state index contributed by atoms with van der Waals surface area (Å²) in [6, 6.07) is 8.85. The van der Waals surface area contributed by atoms with Crippen LogP contribution in [0.3, 0.4) is 0 Å². The Balaban J connectivity index is 1.61. The highest BCUT2D eigenvalue weighted by Gasteiger charge is 2.19. The van der Waals surface area contributed by atoms with Crippen molar-refractivity contribution in [1.82, 2.24) is 14.3 Å². The molecule has 3 heterocycles. The quantitative estimate of drug-likeness (QED) is 0.762. The number of nitrogens with zero attached hydrogens (tertiary/aromatic N) is 3. The summed E-state index contributed by atoms with van der Waals surface area (Å²) in [5, 5.41) is 9.72. The molecular formula is C17H15N5O3. The van der Waals surface area contributed by atoms with Crippen molar-refractivity contribution in [2.75, 3.05) is 17.2 Å². The van der Waals surface area contributed by atoms with Crippen molar-refractivity contribution in [3.8, 4) is 11.6 Å². The number of hydrogen-bond acceptors (Lipinski definition) is 4. The summed E-state index contributed by atoms with van der Waals surface area (Å²) >= 11 is 0. The average molecular weight is 337 g/mol. The summed E-state index contributed by atoms with van der Waals surface area (Å²) in [6.45, 7) is -0.00534. The number of ether oxygens (including phenoxy) is 1. The molecule has 0 aliphatic carbocycles. The minimum Gasteiger partial charge on any atom is -0.482 e. The first-order valence-corrected chi connectivity index (χ1v) is 7.65. The molecule has 0 radical (unpaired) electrons. The Morgan fingerprint density at radius 1 is 1.32 bits per heavy atom. The topological polar surface area (TPSA) is 90.2 Å². The monoisotopic (exact) mass is 337 g/mol. The number of anilines is 2. The minimum absolute atomic E-state index is 0.00534. The van der Waals surface area contributed by atoms with Gasteiger partial charge in [-0.3, -0.25) is 14.3 Å². The maximum atomic E-state index is 12.7. The predicted octanol–water partition coefficient (Wildman–Crippen LogP) is 1.79. The molecule has 0 saturated heterocycles. The van der Waals surface area contributed by atoms with Crippen molar-refractivity contribution in [1.29, 1.82) is 0 Å². The van der Waals surface area contributed by atoms with E-state index in [1.165, 1.54) is 6.20 Å². The lowest BCUT2D eigenvalue weighted by molar-refractivity contribution is -0.118. The van der Waals surface area contributed by atoms with Crippen LogP contribution >= 0.6 is 0 Å². The van der Waals surface area contributed by atoms with Crippen LogP contribution in [-0.2, 0) is 11.8 Å². The highest BCUT2D eigenvalue weighted by Crippen LogP contribution is 2.30. The number of benzene rings is 1. The lowest BCUT2D eigenvalue weighted by Gasteiger charge is -2.18. The van der Waals surface area contributed by atoms with Crippen molar-refractivity contribution >= 4 is 23.2 Å². The Hall–Kier alpha value is -3.55. The van der Waals surface area contributed by atoms with E-state index in [1.807, 2.05) is 29.1 Å². The normalized spacial score (nSPS) is 12.9. The Bertz CT molecular complexity index is 959. The zero-order chi connectivity index (χ0) is 17.4. The summed E-state index contributed by atoms with van der Waals surface area (Å²) in [6.07, 6.45) is 5.22. The van der Waals surface area contributed by atoms with Gasteiger partial charge in [0, 0.05) is 25.1 Å². The van der Waals surface area contributed by atoms with Gasteiger partial charge < -0.3 is 19.9 Å². The first-order chi connectivity index (χ1) is 12.1. The fourth-order valence-corrected chi connectivity index (χ4v) is 2.73. The van der Waals surface area contributed by atoms with Crippen LogP contribution in [0.1, 0.15) is 10.4 Å². The molecule has 0 spiro atoms. The van der Waals surface area contributed by atoms with E-state index in [1.54, 1.807) is 29.9 Å². The van der Waals surface area contributed by atoms with E-state index in [0.29, 0.717) is 28.5 Å². The average Bonchev–Trinajstić information content (AvgIpc) is 3.23. The van der Waals surface area contributed by atoms with Gasteiger partial charge in [0.05, 0.1) is 11.9 Å². The molecule has 8 heteroatoms. The SMILES string of the molecule is Cn1ncc(C(=O)Nc2ccc3c(c2)NC(=O)CO3)c1-n1cccc1. The predicted molar refractivity (Wildman–Crippen MR) is 91.1 cm³/mol.